The predicted octanol–water partition coefficient (Wildman–Crippen LogP) is 3.21. The Morgan fingerprint density at radius 3 is 2.35 bits per heavy atom. The van der Waals surface area contributed by atoms with E-state index in [1.54, 1.807) is 0 Å². The van der Waals surface area contributed by atoms with E-state index in [4.69, 9.17) is 0 Å². The molecule has 0 bridgehead atoms. The predicted molar refractivity (Wildman–Crippen MR) is 73.1 cm³/mol. The van der Waals surface area contributed by atoms with Crippen molar-refractivity contribution < 1.29 is 0 Å². The second kappa shape index (κ2) is 6.80. The molecule has 0 saturated heterocycles. The standard InChI is InChI=1S/C14H27N3/c1-6-9-15-14(12(7-2)8-3)13-10-17(5)16-11(13)4/h10,12,14-15H,6-9H2,1-5H3. The molecule has 0 amide bonds. The third kappa shape index (κ3) is 3.56. The van der Waals surface area contributed by atoms with Gasteiger partial charge in [-0.3, -0.25) is 4.68 Å². The molecule has 0 aliphatic rings. The van der Waals surface area contributed by atoms with Crippen molar-refractivity contribution in [3.8, 4) is 0 Å². The van der Waals surface area contributed by atoms with Gasteiger partial charge in [-0.1, -0.05) is 33.6 Å². The fourth-order valence-corrected chi connectivity index (χ4v) is 2.51. The molecular formula is C14H27N3. The molecule has 0 radical (unpaired) electrons. The van der Waals surface area contributed by atoms with Crippen LogP contribution in [0, 0.1) is 12.8 Å². The Labute approximate surface area is 106 Å². The first-order valence-electron chi connectivity index (χ1n) is 6.87. The first-order chi connectivity index (χ1) is 8.13. The molecule has 1 N–H and O–H groups in total. The third-order valence-corrected chi connectivity index (χ3v) is 3.52. The maximum absolute atomic E-state index is 4.47. The van der Waals surface area contributed by atoms with E-state index in [1.165, 1.54) is 24.8 Å². The van der Waals surface area contributed by atoms with Crippen molar-refractivity contribution in [3.05, 3.63) is 17.5 Å². The number of hydrogen-bond donors (Lipinski definition) is 1. The highest BCUT2D eigenvalue weighted by Crippen LogP contribution is 2.28. The number of aromatic nitrogens is 2. The van der Waals surface area contributed by atoms with Gasteiger partial charge in [-0.05, 0) is 25.8 Å². The van der Waals surface area contributed by atoms with Gasteiger partial charge in [0, 0.05) is 24.8 Å². The van der Waals surface area contributed by atoms with Gasteiger partial charge in [-0.2, -0.15) is 5.10 Å². The number of aryl methyl sites for hydroxylation is 2. The summed E-state index contributed by atoms with van der Waals surface area (Å²) in [6, 6.07) is 0.457. The van der Waals surface area contributed by atoms with Crippen molar-refractivity contribution in [2.45, 2.75) is 53.0 Å². The van der Waals surface area contributed by atoms with E-state index in [1.807, 2.05) is 11.7 Å². The minimum absolute atomic E-state index is 0.457. The minimum atomic E-state index is 0.457. The molecule has 0 saturated carbocycles. The van der Waals surface area contributed by atoms with Gasteiger partial charge in [0.05, 0.1) is 5.69 Å². The molecule has 0 aliphatic carbocycles. The van der Waals surface area contributed by atoms with Crippen molar-refractivity contribution in [3.63, 3.8) is 0 Å². The fourth-order valence-electron chi connectivity index (χ4n) is 2.51. The number of nitrogens with zero attached hydrogens (tertiary/aromatic N) is 2. The summed E-state index contributed by atoms with van der Waals surface area (Å²) in [5, 5.41) is 8.16. The third-order valence-electron chi connectivity index (χ3n) is 3.52. The first kappa shape index (κ1) is 14.2. The van der Waals surface area contributed by atoms with Crippen LogP contribution in [0.5, 0.6) is 0 Å². The van der Waals surface area contributed by atoms with E-state index >= 15 is 0 Å². The van der Waals surface area contributed by atoms with Crippen LogP contribution in [0.4, 0.5) is 0 Å². The Balaban J connectivity index is 2.92. The molecule has 1 heterocycles. The van der Waals surface area contributed by atoms with Crippen LogP contribution in [0.1, 0.15) is 57.3 Å². The van der Waals surface area contributed by atoms with E-state index in [-0.39, 0.29) is 0 Å². The summed E-state index contributed by atoms with van der Waals surface area (Å²) in [6.45, 7) is 9.96. The van der Waals surface area contributed by atoms with Crippen molar-refractivity contribution in [1.82, 2.24) is 15.1 Å². The molecule has 98 valence electrons. The van der Waals surface area contributed by atoms with Crippen LogP contribution < -0.4 is 5.32 Å². The molecule has 0 aromatic carbocycles. The summed E-state index contributed by atoms with van der Waals surface area (Å²) in [6.07, 6.45) is 5.77. The number of nitrogens with one attached hydrogen (secondary N) is 1. The van der Waals surface area contributed by atoms with Crippen LogP contribution in [0.2, 0.25) is 0 Å². The maximum atomic E-state index is 4.47. The SMILES string of the molecule is CCCNC(c1cn(C)nc1C)C(CC)CC. The summed E-state index contributed by atoms with van der Waals surface area (Å²) in [5.74, 6) is 0.699. The van der Waals surface area contributed by atoms with Crippen LogP contribution in [-0.2, 0) is 7.05 Å². The van der Waals surface area contributed by atoms with Crippen LogP contribution in [0.25, 0.3) is 0 Å². The Kier molecular flexibility index (Phi) is 5.69. The molecule has 0 spiro atoms. The Bertz CT molecular complexity index is 326. The van der Waals surface area contributed by atoms with Crippen LogP contribution in [0.3, 0.4) is 0 Å². The molecule has 17 heavy (non-hydrogen) atoms. The second-order valence-electron chi connectivity index (χ2n) is 4.85. The van der Waals surface area contributed by atoms with Crippen LogP contribution in [0.15, 0.2) is 6.20 Å². The number of hydrogen-bond acceptors (Lipinski definition) is 2. The minimum Gasteiger partial charge on any atom is -0.310 e. The summed E-state index contributed by atoms with van der Waals surface area (Å²) in [7, 11) is 2.00. The van der Waals surface area contributed by atoms with Gasteiger partial charge in [0.1, 0.15) is 0 Å². The van der Waals surface area contributed by atoms with Crippen molar-refractivity contribution in [2.24, 2.45) is 13.0 Å². The normalized spacial score (nSPS) is 13.3. The van der Waals surface area contributed by atoms with Gasteiger partial charge in [-0.25, -0.2) is 0 Å². The average Bonchev–Trinajstić information content (AvgIpc) is 2.64. The van der Waals surface area contributed by atoms with Crippen molar-refractivity contribution >= 4 is 0 Å². The first-order valence-corrected chi connectivity index (χ1v) is 6.87. The lowest BCUT2D eigenvalue weighted by atomic mass is 9.89. The molecule has 1 rings (SSSR count). The topological polar surface area (TPSA) is 29.9 Å². The highest BCUT2D eigenvalue weighted by atomic mass is 15.3. The zero-order chi connectivity index (χ0) is 12.8. The lowest BCUT2D eigenvalue weighted by molar-refractivity contribution is 0.340. The molecule has 0 aliphatic heterocycles. The summed E-state index contributed by atoms with van der Waals surface area (Å²) < 4.78 is 1.92. The van der Waals surface area contributed by atoms with Gasteiger partial charge >= 0.3 is 0 Å². The van der Waals surface area contributed by atoms with Crippen LogP contribution in [-0.4, -0.2) is 16.3 Å². The monoisotopic (exact) mass is 237 g/mol. The lowest BCUT2D eigenvalue weighted by Crippen LogP contribution is -2.28. The molecule has 1 aromatic heterocycles. The lowest BCUT2D eigenvalue weighted by Gasteiger charge is -2.26. The van der Waals surface area contributed by atoms with E-state index in [9.17, 15) is 0 Å². The van der Waals surface area contributed by atoms with Crippen molar-refractivity contribution in [2.75, 3.05) is 6.54 Å². The summed E-state index contributed by atoms with van der Waals surface area (Å²) in [4.78, 5) is 0. The summed E-state index contributed by atoms with van der Waals surface area (Å²) in [5.41, 5.74) is 2.53. The highest BCUT2D eigenvalue weighted by Gasteiger charge is 2.22. The zero-order valence-electron chi connectivity index (χ0n) is 12.0. The largest absolute Gasteiger partial charge is 0.310 e. The van der Waals surface area contributed by atoms with Gasteiger partial charge in [0.25, 0.3) is 0 Å². The van der Waals surface area contributed by atoms with E-state index < -0.39 is 0 Å². The molecular weight excluding hydrogens is 210 g/mol. The molecule has 3 heteroatoms. The van der Waals surface area contributed by atoms with E-state index in [0.717, 1.165) is 12.2 Å². The molecule has 0 fully saturated rings. The fraction of sp³-hybridized carbons (Fsp3) is 0.786. The highest BCUT2D eigenvalue weighted by molar-refractivity contribution is 5.21. The molecule has 3 nitrogen and oxygen atoms in total. The Hall–Kier alpha value is -0.830. The smallest absolute Gasteiger partial charge is 0.0641 e. The Morgan fingerprint density at radius 2 is 1.94 bits per heavy atom. The molecule has 1 unspecified atom stereocenters. The van der Waals surface area contributed by atoms with E-state index in [0.29, 0.717) is 12.0 Å². The Morgan fingerprint density at radius 1 is 1.29 bits per heavy atom. The molecule has 1 atom stereocenters. The van der Waals surface area contributed by atoms with Gasteiger partial charge in [-0.15, -0.1) is 0 Å². The second-order valence-corrected chi connectivity index (χ2v) is 4.85. The quantitative estimate of drug-likeness (QED) is 0.789. The van der Waals surface area contributed by atoms with Gasteiger partial charge < -0.3 is 5.32 Å². The number of rotatable bonds is 7. The molecule has 1 aromatic rings. The van der Waals surface area contributed by atoms with Crippen LogP contribution >= 0.6 is 0 Å². The zero-order valence-corrected chi connectivity index (χ0v) is 12.0. The summed E-state index contributed by atoms with van der Waals surface area (Å²) >= 11 is 0. The van der Waals surface area contributed by atoms with Gasteiger partial charge in [0.2, 0.25) is 0 Å². The maximum Gasteiger partial charge on any atom is 0.0641 e. The van der Waals surface area contributed by atoms with E-state index in [2.05, 4.69) is 44.3 Å². The van der Waals surface area contributed by atoms with Gasteiger partial charge in [0.15, 0.2) is 0 Å². The average molecular weight is 237 g/mol. The van der Waals surface area contributed by atoms with Crippen molar-refractivity contribution in [1.29, 1.82) is 0 Å².